The second-order valence-electron chi connectivity index (χ2n) is 7.81. The minimum Gasteiger partial charge on any atom is -0.328 e. The fourth-order valence-electron chi connectivity index (χ4n) is 3.96. The highest BCUT2D eigenvalue weighted by molar-refractivity contribution is 7.99. The van der Waals surface area contributed by atoms with Crippen LogP contribution in [-0.4, -0.2) is 26.3 Å². The number of aromatic nitrogens is 3. The molecule has 0 saturated carbocycles. The van der Waals surface area contributed by atoms with Gasteiger partial charge in [-0.3, -0.25) is 4.79 Å². The van der Waals surface area contributed by atoms with Gasteiger partial charge in [0.1, 0.15) is 6.04 Å². The van der Waals surface area contributed by atoms with Gasteiger partial charge in [-0.25, -0.2) is 4.68 Å². The number of Topliss-reactive ketones (excluding diaryl/α,β-unsaturated/α-hetero) is 1. The molecule has 1 aliphatic heterocycles. The molecule has 1 aliphatic carbocycles. The van der Waals surface area contributed by atoms with E-state index in [9.17, 15) is 4.79 Å². The highest BCUT2D eigenvalue weighted by Crippen LogP contribution is 2.46. The lowest BCUT2D eigenvalue weighted by Crippen LogP contribution is -2.36. The van der Waals surface area contributed by atoms with E-state index in [0.29, 0.717) is 6.42 Å². The number of carbonyl (C=O) groups is 1. The average Bonchev–Trinajstić information content (AvgIpc) is 2.95. The van der Waals surface area contributed by atoms with Crippen LogP contribution < -0.4 is 5.32 Å². The number of allylic oxidation sites excluding steroid dienone is 2. The van der Waals surface area contributed by atoms with Gasteiger partial charge in [0.05, 0.1) is 0 Å². The van der Waals surface area contributed by atoms with E-state index in [1.54, 1.807) is 11.8 Å². The molecule has 1 aromatic heterocycles. The Bertz CT molecular complexity index is 912. The number of benzene rings is 1. The Kier molecular flexibility index (Phi) is 4.18. The smallest absolute Gasteiger partial charge is 0.227 e. The van der Waals surface area contributed by atoms with Crippen LogP contribution in [0.3, 0.4) is 0 Å². The quantitative estimate of drug-likeness (QED) is 0.816. The summed E-state index contributed by atoms with van der Waals surface area (Å²) in [4.78, 5) is 17.8. The molecule has 26 heavy (non-hydrogen) atoms. The van der Waals surface area contributed by atoms with E-state index in [0.717, 1.165) is 45.7 Å². The number of thioether (sulfide) groups is 1. The van der Waals surface area contributed by atoms with Crippen molar-refractivity contribution in [2.24, 2.45) is 5.41 Å². The van der Waals surface area contributed by atoms with Crippen molar-refractivity contribution in [2.45, 2.75) is 51.7 Å². The first-order valence-corrected chi connectivity index (χ1v) is 10.1. The third kappa shape index (κ3) is 2.86. The van der Waals surface area contributed by atoms with Crippen LogP contribution in [0.25, 0.3) is 0 Å². The first-order chi connectivity index (χ1) is 12.4. The lowest BCUT2D eigenvalue weighted by molar-refractivity contribution is -0.118. The lowest BCUT2D eigenvalue weighted by atomic mass is 9.73. The summed E-state index contributed by atoms with van der Waals surface area (Å²) in [7, 11) is 0. The summed E-state index contributed by atoms with van der Waals surface area (Å²) in [5.41, 5.74) is 4.10. The number of nitrogens with one attached hydrogen (secondary N) is 1. The zero-order valence-corrected chi connectivity index (χ0v) is 16.5. The molecule has 0 unspecified atom stereocenters. The van der Waals surface area contributed by atoms with Crippen LogP contribution in [-0.2, 0) is 4.79 Å². The van der Waals surface area contributed by atoms with Crippen LogP contribution in [0, 0.1) is 12.3 Å². The maximum atomic E-state index is 13.1. The third-order valence-corrected chi connectivity index (χ3v) is 5.79. The van der Waals surface area contributed by atoms with E-state index in [1.807, 2.05) is 16.8 Å². The molecule has 6 heteroatoms. The van der Waals surface area contributed by atoms with Crippen molar-refractivity contribution in [3.8, 4) is 0 Å². The highest BCUT2D eigenvalue weighted by atomic mass is 32.2. The van der Waals surface area contributed by atoms with E-state index in [4.69, 9.17) is 5.10 Å². The summed E-state index contributed by atoms with van der Waals surface area (Å²) in [5.74, 6) is 1.86. The Morgan fingerprint density at radius 2 is 2.08 bits per heavy atom. The lowest BCUT2D eigenvalue weighted by Gasteiger charge is -2.38. The Labute approximate surface area is 158 Å². The number of nitrogens with zero attached hydrogens (tertiary/aromatic N) is 3. The number of aryl methyl sites for hydroxylation is 1. The van der Waals surface area contributed by atoms with Gasteiger partial charge in [0.25, 0.3) is 0 Å². The SMILES string of the molecule is CCSc1nc2n(n1)[C@@H](c1ccccc1C)C1=C(CC(C)(C)CC1=O)N2. The molecular formula is C20H24N4OS. The molecule has 4 rings (SSSR count). The molecule has 0 saturated heterocycles. The van der Waals surface area contributed by atoms with Gasteiger partial charge < -0.3 is 5.32 Å². The Balaban J connectivity index is 1.91. The standard InChI is InChI=1S/C20H24N4OS/c1-5-26-19-22-18-21-14-10-20(3,4)11-15(25)16(14)17(24(18)23-19)13-9-7-6-8-12(13)2/h6-9,17H,5,10-11H2,1-4H3,(H,21,22,23)/t17-/m0/s1. The van der Waals surface area contributed by atoms with Crippen LogP contribution in [0.15, 0.2) is 40.7 Å². The van der Waals surface area contributed by atoms with Gasteiger partial charge in [0.15, 0.2) is 5.78 Å². The Morgan fingerprint density at radius 1 is 1.31 bits per heavy atom. The van der Waals surface area contributed by atoms with Gasteiger partial charge in [0.2, 0.25) is 11.1 Å². The third-order valence-electron chi connectivity index (χ3n) is 5.07. The van der Waals surface area contributed by atoms with Crippen LogP contribution in [0.2, 0.25) is 0 Å². The summed E-state index contributed by atoms with van der Waals surface area (Å²) >= 11 is 1.62. The molecule has 0 amide bonds. The van der Waals surface area contributed by atoms with Crippen LogP contribution in [0.1, 0.15) is 50.8 Å². The van der Waals surface area contributed by atoms with Crippen molar-refractivity contribution in [3.05, 3.63) is 46.7 Å². The fourth-order valence-corrected chi connectivity index (χ4v) is 4.52. The molecule has 0 spiro atoms. The zero-order valence-electron chi connectivity index (χ0n) is 15.7. The van der Waals surface area contributed by atoms with Gasteiger partial charge in [-0.1, -0.05) is 56.8 Å². The van der Waals surface area contributed by atoms with Gasteiger partial charge in [0, 0.05) is 17.7 Å². The number of ketones is 1. The molecule has 2 aromatic rings. The fraction of sp³-hybridized carbons (Fsp3) is 0.450. The normalized spacial score (nSPS) is 21.2. The molecule has 1 N–H and O–H groups in total. The second kappa shape index (κ2) is 6.27. The largest absolute Gasteiger partial charge is 0.328 e. The molecule has 2 heterocycles. The Morgan fingerprint density at radius 3 is 2.81 bits per heavy atom. The van der Waals surface area contributed by atoms with E-state index < -0.39 is 0 Å². The summed E-state index contributed by atoms with van der Waals surface area (Å²) in [6.45, 7) is 8.48. The molecule has 1 aromatic carbocycles. The van der Waals surface area contributed by atoms with E-state index >= 15 is 0 Å². The number of hydrogen-bond acceptors (Lipinski definition) is 5. The van der Waals surface area contributed by atoms with Crippen molar-refractivity contribution in [1.82, 2.24) is 14.8 Å². The highest BCUT2D eigenvalue weighted by Gasteiger charge is 2.42. The predicted molar refractivity (Wildman–Crippen MR) is 104 cm³/mol. The minimum absolute atomic E-state index is 0.0393. The van der Waals surface area contributed by atoms with Crippen LogP contribution >= 0.6 is 11.8 Å². The van der Waals surface area contributed by atoms with Gasteiger partial charge in [-0.15, -0.1) is 5.10 Å². The van der Waals surface area contributed by atoms with E-state index in [2.05, 4.69) is 50.1 Å². The molecule has 2 aliphatic rings. The van der Waals surface area contributed by atoms with Crippen LogP contribution in [0.5, 0.6) is 0 Å². The topological polar surface area (TPSA) is 59.8 Å². The number of anilines is 1. The van der Waals surface area contributed by atoms with Crippen molar-refractivity contribution >= 4 is 23.5 Å². The minimum atomic E-state index is -0.204. The van der Waals surface area contributed by atoms with Crippen molar-refractivity contribution in [3.63, 3.8) is 0 Å². The maximum Gasteiger partial charge on any atom is 0.227 e. The predicted octanol–water partition coefficient (Wildman–Crippen LogP) is 4.36. The maximum absolute atomic E-state index is 13.1. The summed E-state index contributed by atoms with van der Waals surface area (Å²) in [6.07, 6.45) is 1.41. The number of carbonyl (C=O) groups excluding carboxylic acids is 1. The van der Waals surface area contributed by atoms with E-state index in [1.165, 1.54) is 0 Å². The van der Waals surface area contributed by atoms with Gasteiger partial charge in [-0.05, 0) is 35.6 Å². The Hall–Kier alpha value is -2.08. The van der Waals surface area contributed by atoms with Crippen molar-refractivity contribution in [2.75, 3.05) is 11.1 Å². The van der Waals surface area contributed by atoms with Crippen molar-refractivity contribution < 1.29 is 4.79 Å². The molecule has 1 atom stereocenters. The molecule has 0 bridgehead atoms. The monoisotopic (exact) mass is 368 g/mol. The molecule has 136 valence electrons. The van der Waals surface area contributed by atoms with Gasteiger partial charge in [-0.2, -0.15) is 4.98 Å². The molecule has 0 radical (unpaired) electrons. The van der Waals surface area contributed by atoms with E-state index in [-0.39, 0.29) is 17.2 Å². The number of hydrogen-bond donors (Lipinski definition) is 1. The van der Waals surface area contributed by atoms with Gasteiger partial charge >= 0.3 is 0 Å². The first kappa shape index (κ1) is 17.3. The second-order valence-corrected chi connectivity index (χ2v) is 9.04. The van der Waals surface area contributed by atoms with Crippen LogP contribution in [0.4, 0.5) is 5.95 Å². The average molecular weight is 369 g/mol. The number of rotatable bonds is 3. The summed E-state index contributed by atoms with van der Waals surface area (Å²) < 4.78 is 1.90. The molecule has 0 fully saturated rings. The first-order valence-electron chi connectivity index (χ1n) is 9.08. The zero-order chi connectivity index (χ0) is 18.5. The number of fused-ring (bicyclic) bond motifs is 1. The van der Waals surface area contributed by atoms with Crippen molar-refractivity contribution in [1.29, 1.82) is 0 Å². The summed E-state index contributed by atoms with van der Waals surface area (Å²) in [5, 5.41) is 8.89. The summed E-state index contributed by atoms with van der Waals surface area (Å²) in [6, 6.07) is 8.04. The molecular weight excluding hydrogens is 344 g/mol. The molecule has 5 nitrogen and oxygen atoms in total.